The summed E-state index contributed by atoms with van der Waals surface area (Å²) in [7, 11) is -2.08. The minimum Gasteiger partial charge on any atom is -0.493 e. The molecule has 2 aromatic rings. The van der Waals surface area contributed by atoms with Crippen LogP contribution >= 0.6 is 0 Å². The molecule has 178 valence electrons. The Balaban J connectivity index is 0.000000920. The molecule has 0 aliphatic heterocycles. The number of aromatic nitrogens is 1. The van der Waals surface area contributed by atoms with E-state index in [0.29, 0.717) is 29.2 Å². The van der Waals surface area contributed by atoms with Crippen LogP contribution in [0.3, 0.4) is 0 Å². The second-order valence-corrected chi connectivity index (χ2v) is 8.49. The third-order valence-corrected chi connectivity index (χ3v) is 3.74. The van der Waals surface area contributed by atoms with Gasteiger partial charge in [-0.3, -0.25) is 9.35 Å². The van der Waals surface area contributed by atoms with Crippen LogP contribution in [0.15, 0.2) is 36.5 Å². The Hall–Kier alpha value is -2.73. The van der Waals surface area contributed by atoms with Crippen molar-refractivity contribution in [2.45, 2.75) is 32.9 Å². The number of hydrogen-bond acceptors (Lipinski definition) is 8. The Morgan fingerprint density at radius 2 is 1.91 bits per heavy atom. The number of amides is 1. The summed E-state index contributed by atoms with van der Waals surface area (Å²) < 4.78 is 42.5. The maximum absolute atomic E-state index is 11.1. The Kier molecular flexibility index (Phi) is 11.6. The number of rotatable bonds is 11. The summed E-state index contributed by atoms with van der Waals surface area (Å²) in [5.74, 6) is 0.984. The number of carbonyl (C=O) groups is 1. The maximum Gasteiger partial charge on any atom is 0.261 e. The molecule has 32 heavy (non-hydrogen) atoms. The van der Waals surface area contributed by atoms with Gasteiger partial charge in [0.05, 0.1) is 25.0 Å². The largest absolute Gasteiger partial charge is 0.493 e. The molecule has 0 atom stereocenters. The highest BCUT2D eigenvalue weighted by atomic mass is 32.2. The van der Waals surface area contributed by atoms with Gasteiger partial charge in [0.15, 0.2) is 11.5 Å². The van der Waals surface area contributed by atoms with Gasteiger partial charge in [0.1, 0.15) is 0 Å². The molecule has 0 spiro atoms. The van der Waals surface area contributed by atoms with Crippen molar-refractivity contribution in [3.63, 3.8) is 0 Å². The summed E-state index contributed by atoms with van der Waals surface area (Å²) in [5.41, 5.74) is 6.62. The van der Waals surface area contributed by atoms with Crippen LogP contribution in [0.2, 0.25) is 0 Å². The number of carbonyl (C=O) groups excluding carboxylic acids is 1. The first kappa shape index (κ1) is 27.3. The highest BCUT2D eigenvalue weighted by Gasteiger charge is 2.09. The zero-order valence-electron chi connectivity index (χ0n) is 18.7. The second kappa shape index (κ2) is 13.6. The summed E-state index contributed by atoms with van der Waals surface area (Å²) in [6.45, 7) is 6.42. The van der Waals surface area contributed by atoms with Crippen molar-refractivity contribution in [3.05, 3.63) is 47.7 Å². The Labute approximate surface area is 188 Å². The van der Waals surface area contributed by atoms with E-state index >= 15 is 0 Å². The summed E-state index contributed by atoms with van der Waals surface area (Å²) in [6.07, 6.45) is 3.32. The number of hydrogen-bond donors (Lipinski definition) is 3. The van der Waals surface area contributed by atoms with Gasteiger partial charge in [0.25, 0.3) is 10.1 Å². The third kappa shape index (κ3) is 12.2. The van der Waals surface area contributed by atoms with Crippen molar-refractivity contribution in [1.82, 2.24) is 10.3 Å². The molecular formula is C21H31N3O7S. The molecule has 0 saturated carbocycles. The summed E-state index contributed by atoms with van der Waals surface area (Å²) in [6, 6.07) is 8.88. The van der Waals surface area contributed by atoms with Crippen LogP contribution in [-0.4, -0.2) is 56.5 Å². The predicted molar refractivity (Wildman–Crippen MR) is 121 cm³/mol. The molecule has 4 N–H and O–H groups in total. The molecule has 0 bridgehead atoms. The van der Waals surface area contributed by atoms with Gasteiger partial charge in [-0.05, 0) is 50.6 Å². The van der Waals surface area contributed by atoms with Crippen LogP contribution < -0.4 is 20.5 Å². The van der Waals surface area contributed by atoms with Crippen molar-refractivity contribution < 1.29 is 32.0 Å². The van der Waals surface area contributed by atoms with Crippen molar-refractivity contribution in [1.29, 1.82) is 0 Å². The normalized spacial score (nSPS) is 10.9. The number of primary amides is 1. The molecule has 1 aromatic carbocycles. The van der Waals surface area contributed by atoms with Crippen LogP contribution in [0.5, 0.6) is 17.4 Å². The van der Waals surface area contributed by atoms with E-state index in [-0.39, 0.29) is 6.10 Å². The van der Waals surface area contributed by atoms with E-state index in [9.17, 15) is 13.2 Å². The van der Waals surface area contributed by atoms with E-state index in [1.165, 1.54) is 6.20 Å². The number of benzene rings is 1. The topological polar surface area (TPSA) is 150 Å². The monoisotopic (exact) mass is 469 g/mol. The van der Waals surface area contributed by atoms with Crippen molar-refractivity contribution in [3.8, 4) is 17.4 Å². The first-order valence-corrected chi connectivity index (χ1v) is 11.7. The highest BCUT2D eigenvalue weighted by Crippen LogP contribution is 2.31. The average molecular weight is 470 g/mol. The minimum absolute atomic E-state index is 0.267. The molecule has 0 aliphatic rings. The molecule has 10 nitrogen and oxygen atoms in total. The lowest BCUT2D eigenvalue weighted by molar-refractivity contribution is 0.0770. The molecule has 0 radical (unpaired) electrons. The molecular weight excluding hydrogens is 438 g/mol. The number of pyridine rings is 1. The zero-order valence-corrected chi connectivity index (χ0v) is 19.5. The lowest BCUT2D eigenvalue weighted by Crippen LogP contribution is -2.17. The number of nitrogens with two attached hydrogens (primary N) is 1. The van der Waals surface area contributed by atoms with E-state index in [1.807, 2.05) is 32.0 Å². The van der Waals surface area contributed by atoms with Gasteiger partial charge < -0.3 is 25.3 Å². The van der Waals surface area contributed by atoms with Crippen LogP contribution in [0.1, 0.15) is 36.2 Å². The molecule has 1 heterocycles. The molecule has 0 fully saturated rings. The number of nitrogens with one attached hydrogen (secondary N) is 1. The SMILES string of the molecule is COc1cc(CNCCCOC(C)C)ccc1Oc1ccc(C(N)=O)cn1.CS(=O)(=O)O. The third-order valence-electron chi connectivity index (χ3n) is 3.74. The first-order chi connectivity index (χ1) is 15.0. The second-order valence-electron chi connectivity index (χ2n) is 7.02. The van der Waals surface area contributed by atoms with Gasteiger partial charge in [0, 0.05) is 25.4 Å². The van der Waals surface area contributed by atoms with Crippen molar-refractivity contribution in [2.24, 2.45) is 5.73 Å². The molecule has 11 heteroatoms. The number of methoxy groups -OCH3 is 1. The standard InChI is InChI=1S/C20H27N3O4.CH4O3S/c1-14(2)26-10-4-9-22-12-15-5-7-17(18(11-15)25-3)27-19-8-6-16(13-23-19)20(21)24;1-5(2,3)4/h5-8,11,13-14,22H,4,9-10,12H2,1-3H3,(H2,21,24);1H3,(H,2,3,4). The van der Waals surface area contributed by atoms with Crippen LogP contribution in [0.4, 0.5) is 0 Å². The van der Waals surface area contributed by atoms with Crippen molar-refractivity contribution >= 4 is 16.0 Å². The summed E-state index contributed by atoms with van der Waals surface area (Å²) in [5, 5.41) is 3.38. The molecule has 1 aromatic heterocycles. The summed E-state index contributed by atoms with van der Waals surface area (Å²) >= 11 is 0. The lowest BCUT2D eigenvalue weighted by Gasteiger charge is -2.12. The zero-order chi connectivity index (χ0) is 24.1. The lowest BCUT2D eigenvalue weighted by atomic mass is 10.2. The molecule has 1 amide bonds. The Morgan fingerprint density at radius 1 is 1.22 bits per heavy atom. The van der Waals surface area contributed by atoms with Crippen LogP contribution in [-0.2, 0) is 21.4 Å². The fraction of sp³-hybridized carbons (Fsp3) is 0.429. The molecule has 0 aliphatic carbocycles. The minimum atomic E-state index is -3.67. The van der Waals surface area contributed by atoms with Gasteiger partial charge >= 0.3 is 0 Å². The molecule has 0 saturated heterocycles. The first-order valence-electron chi connectivity index (χ1n) is 9.85. The van der Waals surface area contributed by atoms with Crippen LogP contribution in [0.25, 0.3) is 0 Å². The fourth-order valence-electron chi connectivity index (χ4n) is 2.35. The predicted octanol–water partition coefficient (Wildman–Crippen LogP) is 2.39. The van der Waals surface area contributed by atoms with Gasteiger partial charge in [-0.1, -0.05) is 6.07 Å². The van der Waals surface area contributed by atoms with E-state index in [2.05, 4.69) is 10.3 Å². The van der Waals surface area contributed by atoms with Crippen LogP contribution in [0, 0.1) is 0 Å². The van der Waals surface area contributed by atoms with Gasteiger partial charge in [-0.2, -0.15) is 8.42 Å². The maximum atomic E-state index is 11.1. The number of ether oxygens (including phenoxy) is 3. The van der Waals surface area contributed by atoms with Gasteiger partial charge in [-0.15, -0.1) is 0 Å². The summed E-state index contributed by atoms with van der Waals surface area (Å²) in [4.78, 5) is 15.2. The molecule has 2 rings (SSSR count). The Morgan fingerprint density at radius 3 is 2.44 bits per heavy atom. The van der Waals surface area contributed by atoms with Gasteiger partial charge in [0.2, 0.25) is 11.8 Å². The van der Waals surface area contributed by atoms with Gasteiger partial charge in [-0.25, -0.2) is 4.98 Å². The van der Waals surface area contributed by atoms with E-state index < -0.39 is 16.0 Å². The highest BCUT2D eigenvalue weighted by molar-refractivity contribution is 7.85. The van der Waals surface area contributed by atoms with E-state index in [1.54, 1.807) is 19.2 Å². The quantitative estimate of drug-likeness (QED) is 0.333. The van der Waals surface area contributed by atoms with Crippen molar-refractivity contribution in [2.75, 3.05) is 26.5 Å². The van der Waals surface area contributed by atoms with E-state index in [0.717, 1.165) is 31.7 Å². The smallest absolute Gasteiger partial charge is 0.261 e. The molecule has 0 unspecified atom stereocenters. The number of nitrogens with zero attached hydrogens (tertiary/aromatic N) is 1. The fourth-order valence-corrected chi connectivity index (χ4v) is 2.35. The average Bonchev–Trinajstić information content (AvgIpc) is 2.70. The van der Waals surface area contributed by atoms with E-state index in [4.69, 9.17) is 24.5 Å². The Bertz CT molecular complexity index is 940.